The van der Waals surface area contributed by atoms with Gasteiger partial charge in [0.15, 0.2) is 0 Å². The van der Waals surface area contributed by atoms with Crippen molar-refractivity contribution in [3.63, 3.8) is 0 Å². The summed E-state index contributed by atoms with van der Waals surface area (Å²) in [5, 5.41) is 9.59. The van der Waals surface area contributed by atoms with Gasteiger partial charge in [0.2, 0.25) is 0 Å². The highest BCUT2D eigenvalue weighted by molar-refractivity contribution is 5.38. The van der Waals surface area contributed by atoms with Crippen molar-refractivity contribution < 1.29 is 9.84 Å². The summed E-state index contributed by atoms with van der Waals surface area (Å²) in [5.41, 5.74) is 1.81. The fourth-order valence-corrected chi connectivity index (χ4v) is 1.29. The van der Waals surface area contributed by atoms with E-state index in [9.17, 15) is 5.11 Å². The third-order valence-corrected chi connectivity index (χ3v) is 2.02. The van der Waals surface area contributed by atoms with Crippen LogP contribution in [0.25, 0.3) is 0 Å². The van der Waals surface area contributed by atoms with Gasteiger partial charge in [-0.2, -0.15) is 0 Å². The van der Waals surface area contributed by atoms with Crippen LogP contribution in [0.15, 0.2) is 18.2 Å². The van der Waals surface area contributed by atoms with Crippen LogP contribution >= 0.6 is 0 Å². The van der Waals surface area contributed by atoms with Crippen LogP contribution in [0.1, 0.15) is 24.2 Å². The van der Waals surface area contributed by atoms with Crippen LogP contribution in [0.3, 0.4) is 0 Å². The number of aliphatic hydroxyl groups excluding tert-OH is 1. The standard InChI is InChI=1S/C12H14O2/c1-4-5-11(13)10-6-7-12(14-3)9(2)8-10/h6-8,11,13H,1-3H3. The lowest BCUT2D eigenvalue weighted by atomic mass is 10.1. The van der Waals surface area contributed by atoms with Crippen LogP contribution in [-0.2, 0) is 0 Å². The summed E-state index contributed by atoms with van der Waals surface area (Å²) in [6.07, 6.45) is -0.704. The Morgan fingerprint density at radius 1 is 1.43 bits per heavy atom. The van der Waals surface area contributed by atoms with Crippen LogP contribution in [-0.4, -0.2) is 12.2 Å². The van der Waals surface area contributed by atoms with Gasteiger partial charge in [-0.15, -0.1) is 5.92 Å². The van der Waals surface area contributed by atoms with Gasteiger partial charge in [0.25, 0.3) is 0 Å². The number of aryl methyl sites for hydroxylation is 1. The predicted molar refractivity (Wildman–Crippen MR) is 56.1 cm³/mol. The molecule has 1 rings (SSSR count). The Labute approximate surface area is 84.5 Å². The third kappa shape index (κ3) is 2.27. The topological polar surface area (TPSA) is 29.5 Å². The SMILES string of the molecule is CC#CC(O)c1ccc(OC)c(C)c1. The average Bonchev–Trinajstić information content (AvgIpc) is 2.18. The summed E-state index contributed by atoms with van der Waals surface area (Å²) < 4.78 is 5.12. The lowest BCUT2D eigenvalue weighted by molar-refractivity contribution is 0.238. The summed E-state index contributed by atoms with van der Waals surface area (Å²) in [5.74, 6) is 6.20. The van der Waals surface area contributed by atoms with E-state index in [-0.39, 0.29) is 0 Å². The average molecular weight is 190 g/mol. The quantitative estimate of drug-likeness (QED) is 0.723. The molecule has 0 aromatic heterocycles. The van der Waals surface area contributed by atoms with Crippen molar-refractivity contribution in [2.45, 2.75) is 20.0 Å². The van der Waals surface area contributed by atoms with Crippen LogP contribution in [0, 0.1) is 18.8 Å². The lowest BCUT2D eigenvalue weighted by Crippen LogP contribution is -1.95. The van der Waals surface area contributed by atoms with Gasteiger partial charge >= 0.3 is 0 Å². The molecular formula is C12H14O2. The van der Waals surface area contributed by atoms with Crippen molar-refractivity contribution >= 4 is 0 Å². The lowest BCUT2D eigenvalue weighted by Gasteiger charge is -2.08. The van der Waals surface area contributed by atoms with E-state index in [0.29, 0.717) is 0 Å². The number of rotatable bonds is 2. The highest BCUT2D eigenvalue weighted by atomic mass is 16.5. The summed E-state index contributed by atoms with van der Waals surface area (Å²) in [4.78, 5) is 0. The minimum Gasteiger partial charge on any atom is -0.496 e. The molecule has 0 heterocycles. The normalized spacial score (nSPS) is 11.4. The van der Waals surface area contributed by atoms with Gasteiger partial charge in [-0.25, -0.2) is 0 Å². The fraction of sp³-hybridized carbons (Fsp3) is 0.333. The Kier molecular flexibility index (Phi) is 3.55. The Balaban J connectivity index is 3.00. The Bertz CT molecular complexity index is 372. The molecule has 1 unspecified atom stereocenters. The molecule has 2 heteroatoms. The molecule has 0 aliphatic carbocycles. The van der Waals surface area contributed by atoms with E-state index < -0.39 is 6.10 Å². The molecule has 0 amide bonds. The van der Waals surface area contributed by atoms with Crippen LogP contribution in [0.4, 0.5) is 0 Å². The summed E-state index contributed by atoms with van der Waals surface area (Å²) >= 11 is 0. The van der Waals surface area contributed by atoms with Gasteiger partial charge in [-0.3, -0.25) is 0 Å². The number of methoxy groups -OCH3 is 1. The van der Waals surface area contributed by atoms with E-state index in [1.807, 2.05) is 25.1 Å². The van der Waals surface area contributed by atoms with Crippen molar-refractivity contribution in [3.05, 3.63) is 29.3 Å². The monoisotopic (exact) mass is 190 g/mol. The van der Waals surface area contributed by atoms with Crippen molar-refractivity contribution in [2.24, 2.45) is 0 Å². The molecule has 0 fully saturated rings. The molecule has 0 saturated carbocycles. The molecule has 74 valence electrons. The van der Waals surface area contributed by atoms with Gasteiger partial charge in [0.1, 0.15) is 11.9 Å². The zero-order valence-corrected chi connectivity index (χ0v) is 8.66. The van der Waals surface area contributed by atoms with Crippen molar-refractivity contribution in [1.29, 1.82) is 0 Å². The second-order valence-electron chi connectivity index (χ2n) is 3.03. The van der Waals surface area contributed by atoms with Crippen LogP contribution < -0.4 is 4.74 Å². The van der Waals surface area contributed by atoms with Crippen molar-refractivity contribution in [2.75, 3.05) is 7.11 Å². The molecule has 1 aromatic carbocycles. The van der Waals surface area contributed by atoms with E-state index in [0.717, 1.165) is 16.9 Å². The van der Waals surface area contributed by atoms with Gasteiger partial charge in [0.05, 0.1) is 7.11 Å². The number of hydrogen-bond donors (Lipinski definition) is 1. The number of hydrogen-bond acceptors (Lipinski definition) is 2. The zero-order chi connectivity index (χ0) is 10.6. The number of ether oxygens (including phenoxy) is 1. The molecule has 14 heavy (non-hydrogen) atoms. The predicted octanol–water partition coefficient (Wildman–Crippen LogP) is 2.06. The van der Waals surface area contributed by atoms with Crippen molar-refractivity contribution in [1.82, 2.24) is 0 Å². The molecule has 1 aromatic rings. The molecule has 1 atom stereocenters. The summed E-state index contributed by atoms with van der Waals surface area (Å²) in [6.45, 7) is 3.65. The maximum absolute atomic E-state index is 9.59. The first kappa shape index (κ1) is 10.6. The van der Waals surface area contributed by atoms with E-state index >= 15 is 0 Å². The smallest absolute Gasteiger partial charge is 0.140 e. The van der Waals surface area contributed by atoms with Crippen molar-refractivity contribution in [3.8, 4) is 17.6 Å². The number of benzene rings is 1. The van der Waals surface area contributed by atoms with Gasteiger partial charge < -0.3 is 9.84 Å². The first-order chi connectivity index (χ1) is 6.69. The molecule has 0 aliphatic heterocycles. The first-order valence-corrected chi connectivity index (χ1v) is 4.44. The molecular weight excluding hydrogens is 176 g/mol. The Morgan fingerprint density at radius 2 is 2.14 bits per heavy atom. The molecule has 0 bridgehead atoms. The molecule has 0 saturated heterocycles. The number of aliphatic hydroxyl groups is 1. The molecule has 2 nitrogen and oxygen atoms in total. The minimum absolute atomic E-state index is 0.704. The summed E-state index contributed by atoms with van der Waals surface area (Å²) in [7, 11) is 1.63. The molecule has 0 spiro atoms. The Hall–Kier alpha value is -1.46. The van der Waals surface area contributed by atoms with E-state index in [4.69, 9.17) is 4.74 Å². The zero-order valence-electron chi connectivity index (χ0n) is 8.66. The van der Waals surface area contributed by atoms with E-state index in [1.165, 1.54) is 0 Å². The van der Waals surface area contributed by atoms with Gasteiger partial charge in [-0.05, 0) is 37.1 Å². The maximum atomic E-state index is 9.59. The molecule has 1 N–H and O–H groups in total. The first-order valence-electron chi connectivity index (χ1n) is 4.44. The maximum Gasteiger partial charge on any atom is 0.140 e. The van der Waals surface area contributed by atoms with Gasteiger partial charge in [-0.1, -0.05) is 12.0 Å². The second-order valence-corrected chi connectivity index (χ2v) is 3.03. The fourth-order valence-electron chi connectivity index (χ4n) is 1.29. The van der Waals surface area contributed by atoms with E-state index in [1.54, 1.807) is 14.0 Å². The largest absolute Gasteiger partial charge is 0.496 e. The molecule has 0 radical (unpaired) electrons. The second kappa shape index (κ2) is 4.69. The summed E-state index contributed by atoms with van der Waals surface area (Å²) in [6, 6.07) is 5.54. The van der Waals surface area contributed by atoms with Crippen LogP contribution in [0.2, 0.25) is 0 Å². The minimum atomic E-state index is -0.704. The highest BCUT2D eigenvalue weighted by Crippen LogP contribution is 2.21. The van der Waals surface area contributed by atoms with Gasteiger partial charge in [0, 0.05) is 0 Å². The molecule has 0 aliphatic rings. The third-order valence-electron chi connectivity index (χ3n) is 2.02. The Morgan fingerprint density at radius 3 is 2.64 bits per heavy atom. The highest BCUT2D eigenvalue weighted by Gasteiger charge is 2.05. The van der Waals surface area contributed by atoms with E-state index in [2.05, 4.69) is 11.8 Å². The van der Waals surface area contributed by atoms with Crippen LogP contribution in [0.5, 0.6) is 5.75 Å².